The normalized spacial score (nSPS) is 18.8. The molecule has 0 saturated heterocycles. The fraction of sp³-hybridized carbons (Fsp3) is 0.700. The predicted molar refractivity (Wildman–Crippen MR) is 49.1 cm³/mol. The van der Waals surface area contributed by atoms with Crippen molar-refractivity contribution < 1.29 is 9.52 Å². The number of rotatable bonds is 2. The SMILES string of the molecule is C[n+]1cccn1OC1CCCCC1. The lowest BCUT2D eigenvalue weighted by Crippen LogP contribution is -2.44. The zero-order valence-electron chi connectivity index (χ0n) is 8.15. The molecule has 2 rings (SSSR count). The third-order valence-corrected chi connectivity index (χ3v) is 2.64. The average molecular weight is 181 g/mol. The molecular weight excluding hydrogens is 164 g/mol. The first-order valence-electron chi connectivity index (χ1n) is 5.07. The number of nitrogens with zero attached hydrogens (tertiary/aromatic N) is 2. The van der Waals surface area contributed by atoms with Crippen LogP contribution in [0.1, 0.15) is 32.1 Å². The molecule has 3 nitrogen and oxygen atoms in total. The molecule has 0 spiro atoms. The molecule has 0 unspecified atom stereocenters. The summed E-state index contributed by atoms with van der Waals surface area (Å²) in [7, 11) is 1.99. The third-order valence-electron chi connectivity index (χ3n) is 2.64. The number of hydrogen-bond acceptors (Lipinski definition) is 1. The van der Waals surface area contributed by atoms with Crippen molar-refractivity contribution in [2.75, 3.05) is 0 Å². The zero-order chi connectivity index (χ0) is 9.10. The highest BCUT2D eigenvalue weighted by Crippen LogP contribution is 2.18. The number of hydrogen-bond donors (Lipinski definition) is 0. The fourth-order valence-corrected chi connectivity index (χ4v) is 1.84. The Bertz CT molecular complexity index is 264. The molecule has 0 radical (unpaired) electrons. The number of aryl methyl sites for hydroxylation is 1. The highest BCUT2D eigenvalue weighted by atomic mass is 16.7. The monoisotopic (exact) mass is 181 g/mol. The van der Waals surface area contributed by atoms with Crippen LogP contribution in [0.4, 0.5) is 0 Å². The van der Waals surface area contributed by atoms with E-state index < -0.39 is 0 Å². The Kier molecular flexibility index (Phi) is 2.52. The second-order valence-corrected chi connectivity index (χ2v) is 3.73. The maximum Gasteiger partial charge on any atom is 0.198 e. The first kappa shape index (κ1) is 8.60. The topological polar surface area (TPSA) is 18.0 Å². The quantitative estimate of drug-likeness (QED) is 0.624. The van der Waals surface area contributed by atoms with Gasteiger partial charge in [0.05, 0.1) is 0 Å². The molecule has 13 heavy (non-hydrogen) atoms. The van der Waals surface area contributed by atoms with Crippen LogP contribution in [0.5, 0.6) is 0 Å². The standard InChI is InChI=1S/C10H17N2O/c1-11-8-5-9-12(11)13-10-6-3-2-4-7-10/h5,8-10H,2-4,6-7H2,1H3/q+1. The van der Waals surface area contributed by atoms with E-state index in [1.165, 1.54) is 32.1 Å². The van der Waals surface area contributed by atoms with E-state index in [-0.39, 0.29) is 0 Å². The molecule has 72 valence electrons. The summed E-state index contributed by atoms with van der Waals surface area (Å²) in [6.45, 7) is 0. The summed E-state index contributed by atoms with van der Waals surface area (Å²) < 4.78 is 1.95. The molecule has 1 saturated carbocycles. The van der Waals surface area contributed by atoms with Crippen LogP contribution in [-0.4, -0.2) is 10.9 Å². The smallest absolute Gasteiger partial charge is 0.198 e. The van der Waals surface area contributed by atoms with Crippen LogP contribution in [0, 0.1) is 0 Å². The van der Waals surface area contributed by atoms with Gasteiger partial charge in [0.25, 0.3) is 0 Å². The molecule has 1 aromatic heterocycles. The zero-order valence-corrected chi connectivity index (χ0v) is 8.15. The van der Waals surface area contributed by atoms with Gasteiger partial charge < -0.3 is 4.84 Å². The summed E-state index contributed by atoms with van der Waals surface area (Å²) in [6.07, 6.45) is 10.8. The van der Waals surface area contributed by atoms with Gasteiger partial charge in [0.15, 0.2) is 13.2 Å². The molecular formula is C10H17N2O+. The van der Waals surface area contributed by atoms with Gasteiger partial charge in [-0.15, -0.1) is 0 Å². The summed E-state index contributed by atoms with van der Waals surface area (Å²) in [4.78, 5) is 7.62. The van der Waals surface area contributed by atoms with Gasteiger partial charge in [-0.05, 0) is 25.7 Å². The average Bonchev–Trinajstić information content (AvgIpc) is 2.54. The van der Waals surface area contributed by atoms with Crippen molar-refractivity contribution in [2.24, 2.45) is 7.05 Å². The minimum atomic E-state index is 0.423. The van der Waals surface area contributed by atoms with Gasteiger partial charge in [-0.1, -0.05) is 11.1 Å². The highest BCUT2D eigenvalue weighted by Gasteiger charge is 2.17. The Morgan fingerprint density at radius 2 is 2.08 bits per heavy atom. The van der Waals surface area contributed by atoms with Crippen molar-refractivity contribution in [1.82, 2.24) is 4.85 Å². The molecule has 0 aromatic carbocycles. The molecule has 1 heterocycles. The minimum absolute atomic E-state index is 0.423. The van der Waals surface area contributed by atoms with E-state index >= 15 is 0 Å². The molecule has 1 aliphatic carbocycles. The number of aromatic nitrogens is 2. The fourth-order valence-electron chi connectivity index (χ4n) is 1.84. The van der Waals surface area contributed by atoms with E-state index in [0.29, 0.717) is 6.10 Å². The summed E-state index contributed by atoms with van der Waals surface area (Å²) in [5.74, 6) is 0. The highest BCUT2D eigenvalue weighted by molar-refractivity contribution is 4.70. The Balaban J connectivity index is 1.93. The van der Waals surface area contributed by atoms with E-state index in [4.69, 9.17) is 4.84 Å². The summed E-state index contributed by atoms with van der Waals surface area (Å²) >= 11 is 0. The van der Waals surface area contributed by atoms with Crippen molar-refractivity contribution >= 4 is 0 Å². The molecule has 0 bridgehead atoms. The van der Waals surface area contributed by atoms with Gasteiger partial charge in [0, 0.05) is 10.9 Å². The van der Waals surface area contributed by atoms with E-state index in [0.717, 1.165) is 0 Å². The van der Waals surface area contributed by atoms with Crippen LogP contribution < -0.4 is 9.52 Å². The van der Waals surface area contributed by atoms with Crippen LogP contribution in [0.2, 0.25) is 0 Å². The van der Waals surface area contributed by atoms with Crippen LogP contribution in [0.25, 0.3) is 0 Å². The van der Waals surface area contributed by atoms with Gasteiger partial charge in [-0.25, -0.2) is 0 Å². The van der Waals surface area contributed by atoms with Crippen molar-refractivity contribution in [1.29, 1.82) is 0 Å². The molecule has 1 fully saturated rings. The summed E-state index contributed by atoms with van der Waals surface area (Å²) in [5, 5.41) is 0. The Morgan fingerprint density at radius 1 is 1.31 bits per heavy atom. The molecule has 1 aromatic rings. The Hall–Kier alpha value is -0.990. The molecule has 1 aliphatic rings. The van der Waals surface area contributed by atoms with E-state index in [2.05, 4.69) is 0 Å². The molecule has 3 heteroatoms. The van der Waals surface area contributed by atoms with Crippen molar-refractivity contribution in [2.45, 2.75) is 38.2 Å². The van der Waals surface area contributed by atoms with Crippen molar-refractivity contribution in [3.05, 3.63) is 18.5 Å². The molecule has 0 aliphatic heterocycles. The van der Waals surface area contributed by atoms with Gasteiger partial charge >= 0.3 is 0 Å². The van der Waals surface area contributed by atoms with E-state index in [1.54, 1.807) is 0 Å². The van der Waals surface area contributed by atoms with Gasteiger partial charge in [0.1, 0.15) is 12.3 Å². The Labute approximate surface area is 78.9 Å². The predicted octanol–water partition coefficient (Wildman–Crippen LogP) is 1.07. The largest absolute Gasteiger partial charge is 0.365 e. The maximum atomic E-state index is 5.81. The van der Waals surface area contributed by atoms with E-state index in [9.17, 15) is 0 Å². The lowest BCUT2D eigenvalue weighted by molar-refractivity contribution is -0.780. The molecule has 0 N–H and O–H groups in total. The lowest BCUT2D eigenvalue weighted by atomic mass is 9.98. The molecule has 0 atom stereocenters. The van der Waals surface area contributed by atoms with Gasteiger partial charge in [-0.3, -0.25) is 0 Å². The van der Waals surface area contributed by atoms with Crippen LogP contribution in [-0.2, 0) is 7.05 Å². The Morgan fingerprint density at radius 3 is 2.69 bits per heavy atom. The summed E-state index contributed by atoms with van der Waals surface area (Å²) in [6, 6.07) is 1.99. The third kappa shape index (κ3) is 2.02. The van der Waals surface area contributed by atoms with Crippen LogP contribution in [0.15, 0.2) is 18.5 Å². The van der Waals surface area contributed by atoms with Crippen LogP contribution in [0.3, 0.4) is 0 Å². The van der Waals surface area contributed by atoms with Crippen molar-refractivity contribution in [3.63, 3.8) is 0 Å². The van der Waals surface area contributed by atoms with Gasteiger partial charge in [0.2, 0.25) is 0 Å². The van der Waals surface area contributed by atoms with Crippen molar-refractivity contribution in [3.8, 4) is 0 Å². The maximum absolute atomic E-state index is 5.81. The minimum Gasteiger partial charge on any atom is -0.365 e. The lowest BCUT2D eigenvalue weighted by Gasteiger charge is -2.20. The molecule has 0 amide bonds. The first-order chi connectivity index (χ1) is 6.36. The first-order valence-corrected chi connectivity index (χ1v) is 5.07. The second-order valence-electron chi connectivity index (χ2n) is 3.73. The second kappa shape index (κ2) is 3.81. The summed E-state index contributed by atoms with van der Waals surface area (Å²) in [5.41, 5.74) is 0. The van der Waals surface area contributed by atoms with E-state index in [1.807, 2.05) is 35.0 Å². The van der Waals surface area contributed by atoms with Gasteiger partial charge in [-0.2, -0.15) is 0 Å². The van der Waals surface area contributed by atoms with Crippen LogP contribution >= 0.6 is 0 Å².